The second-order valence-electron chi connectivity index (χ2n) is 7.38. The number of para-hydroxylation sites is 1. The van der Waals surface area contributed by atoms with Gasteiger partial charge in [0.15, 0.2) is 5.96 Å². The number of halogens is 1. The number of likely N-dealkylation sites (tertiary alicyclic amines) is 1. The van der Waals surface area contributed by atoms with E-state index in [-0.39, 0.29) is 35.9 Å². The van der Waals surface area contributed by atoms with Gasteiger partial charge in [0.1, 0.15) is 0 Å². The number of benzene rings is 1. The summed E-state index contributed by atoms with van der Waals surface area (Å²) in [7, 11) is 1.80. The van der Waals surface area contributed by atoms with Crippen molar-refractivity contribution >= 4 is 35.9 Å². The first-order chi connectivity index (χ1) is 14.0. The molecule has 7 nitrogen and oxygen atoms in total. The molecule has 1 saturated heterocycles. The fourth-order valence-electron chi connectivity index (χ4n) is 3.83. The Kier molecular flexibility index (Phi) is 9.13. The Morgan fingerprint density at radius 1 is 1.27 bits per heavy atom. The van der Waals surface area contributed by atoms with Crippen LogP contribution in [0.15, 0.2) is 35.3 Å². The van der Waals surface area contributed by atoms with Gasteiger partial charge < -0.3 is 15.0 Å². The summed E-state index contributed by atoms with van der Waals surface area (Å²) in [6, 6.07) is 10.4. The Balaban J connectivity index is 0.00000320. The number of hydrogen-bond acceptors (Lipinski definition) is 4. The molecule has 3 rings (SSSR count). The van der Waals surface area contributed by atoms with Gasteiger partial charge in [0.2, 0.25) is 0 Å². The van der Waals surface area contributed by atoms with E-state index in [1.165, 1.54) is 0 Å². The molecule has 1 aromatic carbocycles. The zero-order valence-corrected chi connectivity index (χ0v) is 20.6. The van der Waals surface area contributed by atoms with Crippen LogP contribution in [0.3, 0.4) is 0 Å². The number of nitrogens with one attached hydrogen (secondary N) is 1. The molecule has 164 valence electrons. The van der Waals surface area contributed by atoms with Crippen LogP contribution >= 0.6 is 24.0 Å². The molecule has 2 aromatic rings. The molecule has 1 fully saturated rings. The van der Waals surface area contributed by atoms with Crippen LogP contribution < -0.4 is 5.32 Å². The van der Waals surface area contributed by atoms with Crippen LogP contribution in [-0.2, 0) is 16.1 Å². The molecule has 0 saturated carbocycles. The Morgan fingerprint density at radius 3 is 2.57 bits per heavy atom. The molecule has 8 heteroatoms. The van der Waals surface area contributed by atoms with E-state index in [4.69, 9.17) is 4.74 Å². The standard InChI is InChI=1S/C22H31N5O2.HI/c1-5-29-21(28)18-10-12-26(13-11-18)22(23-4)24-15-19-8-6-7-9-20(19)27-17(3)14-16(2)25-27;/h6-9,14,18H,5,10-13,15H2,1-4H3,(H,23,24);1H. The van der Waals surface area contributed by atoms with Gasteiger partial charge in [-0.1, -0.05) is 18.2 Å². The quantitative estimate of drug-likeness (QED) is 0.280. The van der Waals surface area contributed by atoms with Crippen molar-refractivity contribution in [2.24, 2.45) is 10.9 Å². The average molecular weight is 525 g/mol. The van der Waals surface area contributed by atoms with Crippen molar-refractivity contribution in [1.82, 2.24) is 20.0 Å². The molecule has 0 amide bonds. The third-order valence-corrected chi connectivity index (χ3v) is 5.29. The summed E-state index contributed by atoms with van der Waals surface area (Å²) in [6.07, 6.45) is 1.59. The zero-order valence-electron chi connectivity index (χ0n) is 18.2. The van der Waals surface area contributed by atoms with Crippen molar-refractivity contribution in [1.29, 1.82) is 0 Å². The summed E-state index contributed by atoms with van der Waals surface area (Å²) in [4.78, 5) is 18.6. The second-order valence-corrected chi connectivity index (χ2v) is 7.38. The van der Waals surface area contributed by atoms with E-state index >= 15 is 0 Å². The number of carbonyl (C=O) groups excluding carboxylic acids is 1. The highest BCUT2D eigenvalue weighted by Crippen LogP contribution is 2.20. The van der Waals surface area contributed by atoms with Crippen molar-refractivity contribution < 1.29 is 9.53 Å². The van der Waals surface area contributed by atoms with Gasteiger partial charge in [0.05, 0.1) is 23.9 Å². The fourth-order valence-corrected chi connectivity index (χ4v) is 3.83. The van der Waals surface area contributed by atoms with Gasteiger partial charge in [-0.15, -0.1) is 24.0 Å². The number of nitrogens with zero attached hydrogens (tertiary/aromatic N) is 4. The van der Waals surface area contributed by atoms with E-state index in [2.05, 4.69) is 45.4 Å². The summed E-state index contributed by atoms with van der Waals surface area (Å²) >= 11 is 0. The van der Waals surface area contributed by atoms with Crippen molar-refractivity contribution in [2.45, 2.75) is 40.2 Å². The highest BCUT2D eigenvalue weighted by atomic mass is 127. The van der Waals surface area contributed by atoms with E-state index in [1.807, 2.05) is 30.7 Å². The minimum Gasteiger partial charge on any atom is -0.466 e. The Hall–Kier alpha value is -2.10. The first kappa shape index (κ1) is 24.2. The van der Waals surface area contributed by atoms with E-state index < -0.39 is 0 Å². The number of guanidine groups is 1. The Labute approximate surface area is 195 Å². The predicted octanol–water partition coefficient (Wildman–Crippen LogP) is 3.46. The van der Waals surface area contributed by atoms with Crippen molar-refractivity contribution in [3.63, 3.8) is 0 Å². The van der Waals surface area contributed by atoms with Crippen LogP contribution in [0.5, 0.6) is 0 Å². The van der Waals surface area contributed by atoms with Crippen LogP contribution in [0.2, 0.25) is 0 Å². The number of esters is 1. The first-order valence-electron chi connectivity index (χ1n) is 10.3. The molecule has 1 aliphatic heterocycles. The lowest BCUT2D eigenvalue weighted by atomic mass is 9.97. The van der Waals surface area contributed by atoms with Crippen molar-refractivity contribution in [3.8, 4) is 5.69 Å². The Morgan fingerprint density at radius 2 is 1.97 bits per heavy atom. The summed E-state index contributed by atoms with van der Waals surface area (Å²) < 4.78 is 7.15. The third kappa shape index (κ3) is 5.74. The third-order valence-electron chi connectivity index (χ3n) is 5.29. The molecular formula is C22H32IN5O2. The van der Waals surface area contributed by atoms with Crippen molar-refractivity contribution in [2.75, 3.05) is 26.7 Å². The second kappa shape index (κ2) is 11.3. The number of ether oxygens (including phenoxy) is 1. The summed E-state index contributed by atoms with van der Waals surface area (Å²) in [5, 5.41) is 8.10. The number of carbonyl (C=O) groups is 1. The SMILES string of the molecule is CCOC(=O)C1CCN(C(=NC)NCc2ccccc2-n2nc(C)cc2C)CC1.I. The molecule has 1 N–H and O–H groups in total. The predicted molar refractivity (Wildman–Crippen MR) is 130 cm³/mol. The molecule has 0 atom stereocenters. The summed E-state index contributed by atoms with van der Waals surface area (Å²) in [6.45, 7) is 8.60. The highest BCUT2D eigenvalue weighted by Gasteiger charge is 2.27. The molecule has 1 aliphatic rings. The van der Waals surface area contributed by atoms with Gasteiger partial charge in [-0.3, -0.25) is 9.79 Å². The number of aliphatic imine (C=N–C) groups is 1. The average Bonchev–Trinajstić information content (AvgIpc) is 3.07. The molecule has 30 heavy (non-hydrogen) atoms. The van der Waals surface area contributed by atoms with Crippen LogP contribution in [0.1, 0.15) is 36.7 Å². The van der Waals surface area contributed by atoms with Gasteiger partial charge in [-0.05, 0) is 51.3 Å². The summed E-state index contributed by atoms with van der Waals surface area (Å²) in [5.74, 6) is 0.778. The first-order valence-corrected chi connectivity index (χ1v) is 10.3. The van der Waals surface area contributed by atoms with Gasteiger partial charge in [-0.25, -0.2) is 4.68 Å². The van der Waals surface area contributed by atoms with Gasteiger partial charge in [-0.2, -0.15) is 5.10 Å². The largest absolute Gasteiger partial charge is 0.466 e. The molecule has 0 unspecified atom stereocenters. The Bertz CT molecular complexity index is 872. The summed E-state index contributed by atoms with van der Waals surface area (Å²) in [5.41, 5.74) is 4.34. The van der Waals surface area contributed by atoms with Crippen LogP contribution in [0, 0.1) is 19.8 Å². The molecule has 0 aliphatic carbocycles. The monoisotopic (exact) mass is 525 g/mol. The number of aromatic nitrogens is 2. The van der Waals surface area contributed by atoms with Crippen molar-refractivity contribution in [3.05, 3.63) is 47.3 Å². The van der Waals surface area contributed by atoms with Gasteiger partial charge in [0, 0.05) is 32.4 Å². The minimum absolute atomic E-state index is 0. The lowest BCUT2D eigenvalue weighted by molar-refractivity contribution is -0.149. The van der Waals surface area contributed by atoms with Crippen LogP contribution in [0.25, 0.3) is 5.69 Å². The minimum atomic E-state index is -0.0751. The molecule has 0 bridgehead atoms. The van der Waals surface area contributed by atoms with Crippen LogP contribution in [-0.4, -0.2) is 53.4 Å². The molecule has 0 radical (unpaired) electrons. The number of aryl methyl sites for hydroxylation is 2. The van der Waals surface area contributed by atoms with E-state index in [0.717, 1.165) is 54.5 Å². The lowest BCUT2D eigenvalue weighted by Gasteiger charge is -2.33. The van der Waals surface area contributed by atoms with Crippen LogP contribution in [0.4, 0.5) is 0 Å². The van der Waals surface area contributed by atoms with E-state index in [9.17, 15) is 4.79 Å². The maximum atomic E-state index is 12.0. The molecule has 2 heterocycles. The topological polar surface area (TPSA) is 71.8 Å². The zero-order chi connectivity index (χ0) is 20.8. The van der Waals surface area contributed by atoms with Gasteiger partial charge >= 0.3 is 5.97 Å². The van der Waals surface area contributed by atoms with E-state index in [0.29, 0.717) is 13.2 Å². The number of hydrogen-bond donors (Lipinski definition) is 1. The maximum Gasteiger partial charge on any atom is 0.309 e. The fraction of sp³-hybridized carbons (Fsp3) is 0.500. The highest BCUT2D eigenvalue weighted by molar-refractivity contribution is 14.0. The molecule has 1 aromatic heterocycles. The maximum absolute atomic E-state index is 12.0. The lowest BCUT2D eigenvalue weighted by Crippen LogP contribution is -2.46. The number of rotatable bonds is 5. The smallest absolute Gasteiger partial charge is 0.309 e. The molecule has 0 spiro atoms. The normalized spacial score (nSPS) is 14.9. The number of piperidine rings is 1. The van der Waals surface area contributed by atoms with Gasteiger partial charge in [0.25, 0.3) is 0 Å². The van der Waals surface area contributed by atoms with E-state index in [1.54, 1.807) is 7.05 Å². The molecular weight excluding hydrogens is 493 g/mol.